The Hall–Kier alpha value is -3.18. The molecule has 0 aliphatic carbocycles. The first-order valence-electron chi connectivity index (χ1n) is 8.15. The summed E-state index contributed by atoms with van der Waals surface area (Å²) in [7, 11) is 0. The van der Waals surface area contributed by atoms with Gasteiger partial charge in [-0.15, -0.1) is 6.58 Å². The van der Waals surface area contributed by atoms with E-state index in [0.717, 1.165) is 11.3 Å². The molecule has 0 radical (unpaired) electrons. The third-order valence-corrected chi connectivity index (χ3v) is 5.34. The molecule has 0 saturated carbocycles. The normalized spacial score (nSPS) is 10.7. The van der Waals surface area contributed by atoms with E-state index in [1.165, 1.54) is 29.1 Å². The summed E-state index contributed by atoms with van der Waals surface area (Å²) in [4.78, 5) is 39.5. The van der Waals surface area contributed by atoms with Gasteiger partial charge in [0.05, 0.1) is 11.3 Å². The van der Waals surface area contributed by atoms with Crippen LogP contribution >= 0.6 is 23.6 Å². The standard InChI is InChI=1S/C17H15N5O4S2/c1-2-8-21-15-14(28-17(21)27)16(24)20(10-18-15)9-7-13(23)19-11-5-3-4-6-12(11)22(25)26/h2-6,10H,1,7-9H2,(H,19,23). The monoisotopic (exact) mass is 417 g/mol. The van der Waals surface area contributed by atoms with Crippen LogP contribution in [0.5, 0.6) is 0 Å². The lowest BCUT2D eigenvalue weighted by Gasteiger charge is -2.07. The number of amides is 1. The molecule has 2 heterocycles. The number of carbonyl (C=O) groups excluding carboxylic acids is 1. The zero-order valence-corrected chi connectivity index (χ0v) is 16.2. The Morgan fingerprint density at radius 1 is 1.43 bits per heavy atom. The van der Waals surface area contributed by atoms with Crippen LogP contribution in [0.4, 0.5) is 11.4 Å². The van der Waals surface area contributed by atoms with E-state index in [1.807, 2.05) is 0 Å². The highest BCUT2D eigenvalue weighted by Crippen LogP contribution is 2.23. The molecule has 0 bridgehead atoms. The van der Waals surface area contributed by atoms with Gasteiger partial charge in [-0.2, -0.15) is 0 Å². The molecule has 1 N–H and O–H groups in total. The van der Waals surface area contributed by atoms with Crippen LogP contribution in [0.15, 0.2) is 48.0 Å². The molecule has 28 heavy (non-hydrogen) atoms. The van der Waals surface area contributed by atoms with Crippen molar-refractivity contribution in [1.82, 2.24) is 14.1 Å². The number of anilines is 1. The first-order valence-corrected chi connectivity index (χ1v) is 9.37. The van der Waals surface area contributed by atoms with Gasteiger partial charge in [0, 0.05) is 25.6 Å². The van der Waals surface area contributed by atoms with Crippen molar-refractivity contribution in [2.75, 3.05) is 5.32 Å². The number of rotatable bonds is 7. The molecule has 11 heteroatoms. The van der Waals surface area contributed by atoms with Crippen molar-refractivity contribution < 1.29 is 9.72 Å². The van der Waals surface area contributed by atoms with Crippen LogP contribution in [0.25, 0.3) is 10.3 Å². The van der Waals surface area contributed by atoms with E-state index < -0.39 is 10.8 Å². The Bertz CT molecular complexity index is 1190. The van der Waals surface area contributed by atoms with Crippen molar-refractivity contribution in [3.8, 4) is 0 Å². The molecule has 0 fully saturated rings. The summed E-state index contributed by atoms with van der Waals surface area (Å²) in [5, 5.41) is 13.5. The summed E-state index contributed by atoms with van der Waals surface area (Å²) < 4.78 is 3.97. The second-order valence-corrected chi connectivity index (χ2v) is 7.38. The third-order valence-electron chi connectivity index (χ3n) is 3.91. The van der Waals surface area contributed by atoms with Crippen molar-refractivity contribution in [2.24, 2.45) is 0 Å². The van der Waals surface area contributed by atoms with Gasteiger partial charge >= 0.3 is 0 Å². The van der Waals surface area contributed by atoms with Gasteiger partial charge in [-0.3, -0.25) is 24.3 Å². The maximum atomic E-state index is 12.6. The number of thiazole rings is 1. The van der Waals surface area contributed by atoms with E-state index in [4.69, 9.17) is 12.2 Å². The van der Waals surface area contributed by atoms with Crippen molar-refractivity contribution in [2.45, 2.75) is 19.5 Å². The van der Waals surface area contributed by atoms with Crippen LogP contribution in [0.1, 0.15) is 6.42 Å². The van der Waals surface area contributed by atoms with E-state index >= 15 is 0 Å². The van der Waals surface area contributed by atoms with Crippen LogP contribution < -0.4 is 10.9 Å². The van der Waals surface area contributed by atoms with Crippen LogP contribution in [0.3, 0.4) is 0 Å². The molecule has 0 unspecified atom stereocenters. The Morgan fingerprint density at radius 3 is 2.89 bits per heavy atom. The van der Waals surface area contributed by atoms with Crippen LogP contribution in [-0.2, 0) is 17.9 Å². The predicted molar refractivity (Wildman–Crippen MR) is 109 cm³/mol. The minimum atomic E-state index is -0.570. The third kappa shape index (κ3) is 3.89. The van der Waals surface area contributed by atoms with E-state index in [0.29, 0.717) is 20.8 Å². The molecular weight excluding hydrogens is 402 g/mol. The maximum absolute atomic E-state index is 12.6. The van der Waals surface area contributed by atoms with Gasteiger partial charge in [-0.05, 0) is 18.3 Å². The summed E-state index contributed by atoms with van der Waals surface area (Å²) in [6, 6.07) is 5.86. The molecule has 1 aromatic carbocycles. The average molecular weight is 417 g/mol. The number of aryl methyl sites for hydroxylation is 1. The first-order chi connectivity index (χ1) is 13.4. The fourth-order valence-corrected chi connectivity index (χ4v) is 3.91. The van der Waals surface area contributed by atoms with Gasteiger partial charge in [0.2, 0.25) is 5.91 Å². The van der Waals surface area contributed by atoms with Gasteiger partial charge in [-0.1, -0.05) is 29.5 Å². The number of nitro benzene ring substituents is 1. The molecule has 3 aromatic rings. The lowest BCUT2D eigenvalue weighted by atomic mass is 10.2. The number of benzene rings is 1. The highest BCUT2D eigenvalue weighted by atomic mass is 32.1. The molecule has 2 aromatic heterocycles. The smallest absolute Gasteiger partial charge is 0.292 e. The van der Waals surface area contributed by atoms with Crippen molar-refractivity contribution >= 4 is 51.2 Å². The Labute approximate surface area is 167 Å². The summed E-state index contributed by atoms with van der Waals surface area (Å²) in [6.07, 6.45) is 2.99. The number of hydrogen-bond donors (Lipinski definition) is 1. The second kappa shape index (κ2) is 8.23. The number of nitro groups is 1. The minimum Gasteiger partial charge on any atom is -0.320 e. The number of carbonyl (C=O) groups is 1. The molecule has 1 amide bonds. The highest BCUT2D eigenvalue weighted by molar-refractivity contribution is 7.73. The fourth-order valence-electron chi connectivity index (χ4n) is 2.59. The van der Waals surface area contributed by atoms with Crippen LogP contribution in [-0.4, -0.2) is 24.9 Å². The summed E-state index contributed by atoms with van der Waals surface area (Å²) >= 11 is 6.42. The number of allylic oxidation sites excluding steroid dienone is 1. The van der Waals surface area contributed by atoms with E-state index in [1.54, 1.807) is 16.7 Å². The lowest BCUT2D eigenvalue weighted by molar-refractivity contribution is -0.383. The quantitative estimate of drug-likeness (QED) is 0.274. The summed E-state index contributed by atoms with van der Waals surface area (Å²) in [6.45, 7) is 4.20. The maximum Gasteiger partial charge on any atom is 0.292 e. The average Bonchev–Trinajstić information content (AvgIpc) is 2.98. The second-order valence-electron chi connectivity index (χ2n) is 5.74. The summed E-state index contributed by atoms with van der Waals surface area (Å²) in [5.74, 6) is -0.446. The molecule has 0 aliphatic heterocycles. The molecule has 0 spiro atoms. The van der Waals surface area contributed by atoms with Gasteiger partial charge in [0.15, 0.2) is 9.60 Å². The SMILES string of the molecule is C=CCn1c(=S)sc2c(=O)n(CCC(=O)Nc3ccccc3[N+](=O)[O-])cnc21. The number of aromatic nitrogens is 3. The minimum absolute atomic E-state index is 0.0437. The van der Waals surface area contributed by atoms with Gasteiger partial charge < -0.3 is 9.88 Å². The van der Waals surface area contributed by atoms with Gasteiger partial charge in [-0.25, -0.2) is 4.98 Å². The number of para-hydroxylation sites is 2. The Morgan fingerprint density at radius 2 is 2.18 bits per heavy atom. The zero-order valence-electron chi connectivity index (χ0n) is 14.5. The fraction of sp³-hybridized carbons (Fsp3) is 0.176. The van der Waals surface area contributed by atoms with Crippen LogP contribution in [0.2, 0.25) is 0 Å². The number of fused-ring (bicyclic) bond motifs is 1. The number of nitrogens with zero attached hydrogens (tertiary/aromatic N) is 4. The Kier molecular flexibility index (Phi) is 5.76. The largest absolute Gasteiger partial charge is 0.320 e. The molecule has 144 valence electrons. The molecular formula is C17H15N5O4S2. The lowest BCUT2D eigenvalue weighted by Crippen LogP contribution is -2.23. The zero-order chi connectivity index (χ0) is 20.3. The number of hydrogen-bond acceptors (Lipinski definition) is 7. The van der Waals surface area contributed by atoms with E-state index in [2.05, 4.69) is 16.9 Å². The van der Waals surface area contributed by atoms with Crippen molar-refractivity contribution in [3.63, 3.8) is 0 Å². The van der Waals surface area contributed by atoms with Gasteiger partial charge in [0.25, 0.3) is 11.2 Å². The summed E-state index contributed by atoms with van der Waals surface area (Å²) in [5.41, 5.74) is 0.111. The van der Waals surface area contributed by atoms with E-state index in [9.17, 15) is 19.7 Å². The topological polar surface area (TPSA) is 112 Å². The molecule has 3 rings (SSSR count). The van der Waals surface area contributed by atoms with Crippen LogP contribution in [0, 0.1) is 14.1 Å². The van der Waals surface area contributed by atoms with Gasteiger partial charge in [0.1, 0.15) is 10.4 Å². The highest BCUT2D eigenvalue weighted by Gasteiger charge is 2.16. The molecule has 0 saturated heterocycles. The molecule has 9 nitrogen and oxygen atoms in total. The van der Waals surface area contributed by atoms with Crippen molar-refractivity contribution in [1.29, 1.82) is 0 Å². The first kappa shape index (κ1) is 19.6. The van der Waals surface area contributed by atoms with Crippen molar-refractivity contribution in [3.05, 3.63) is 67.7 Å². The molecule has 0 aliphatic rings. The Balaban J connectivity index is 1.77. The molecule has 0 atom stereocenters. The predicted octanol–water partition coefficient (Wildman–Crippen LogP) is 3.11. The number of nitrogens with one attached hydrogen (secondary N) is 1. The van der Waals surface area contributed by atoms with E-state index in [-0.39, 0.29) is 29.9 Å².